The van der Waals surface area contributed by atoms with Crippen molar-refractivity contribution in [3.8, 4) is 0 Å². The third-order valence-electron chi connectivity index (χ3n) is 6.19. The van der Waals surface area contributed by atoms with Gasteiger partial charge < -0.3 is 14.2 Å². The van der Waals surface area contributed by atoms with Gasteiger partial charge in [-0.25, -0.2) is 4.98 Å². The lowest BCUT2D eigenvalue weighted by Gasteiger charge is -2.47. The lowest BCUT2D eigenvalue weighted by molar-refractivity contribution is -0.139. The molecule has 2 aliphatic heterocycles. The maximum absolute atomic E-state index is 6.31. The molecule has 0 aliphatic carbocycles. The standard InChI is InChI=1S/C21H33N5O2/c1-4-17-12-18(28-24-17)13-26-10-11-27-21(15-26)6-8-25(9-7-21)14-19-16(3)22-20(5-2)23-19/h12H,4-11,13-15H2,1-3H3,(H,22,23). The van der Waals surface area contributed by atoms with E-state index in [4.69, 9.17) is 14.2 Å². The molecular formula is C21H33N5O2. The number of hydrogen-bond acceptors (Lipinski definition) is 6. The fourth-order valence-corrected chi connectivity index (χ4v) is 4.39. The summed E-state index contributed by atoms with van der Waals surface area (Å²) in [7, 11) is 0. The first-order valence-electron chi connectivity index (χ1n) is 10.7. The summed E-state index contributed by atoms with van der Waals surface area (Å²) in [4.78, 5) is 13.1. The molecule has 28 heavy (non-hydrogen) atoms. The van der Waals surface area contributed by atoms with Crippen LogP contribution >= 0.6 is 0 Å². The van der Waals surface area contributed by atoms with Gasteiger partial charge in [-0.1, -0.05) is 19.0 Å². The Morgan fingerprint density at radius 2 is 1.93 bits per heavy atom. The van der Waals surface area contributed by atoms with Gasteiger partial charge in [0, 0.05) is 50.9 Å². The molecule has 0 atom stereocenters. The number of piperidine rings is 1. The normalized spacial score (nSPS) is 20.8. The maximum Gasteiger partial charge on any atom is 0.150 e. The second-order valence-electron chi connectivity index (χ2n) is 8.27. The predicted octanol–water partition coefficient (Wildman–Crippen LogP) is 2.70. The summed E-state index contributed by atoms with van der Waals surface area (Å²) < 4.78 is 11.8. The van der Waals surface area contributed by atoms with E-state index in [1.807, 2.05) is 0 Å². The van der Waals surface area contributed by atoms with E-state index in [1.54, 1.807) is 0 Å². The number of aromatic nitrogens is 3. The number of hydrogen-bond donors (Lipinski definition) is 1. The van der Waals surface area contributed by atoms with Gasteiger partial charge in [0.2, 0.25) is 0 Å². The van der Waals surface area contributed by atoms with Gasteiger partial charge in [-0.2, -0.15) is 0 Å². The molecule has 4 rings (SSSR count). The lowest BCUT2D eigenvalue weighted by Crippen LogP contribution is -2.56. The van der Waals surface area contributed by atoms with Gasteiger partial charge in [0.1, 0.15) is 5.82 Å². The summed E-state index contributed by atoms with van der Waals surface area (Å²) in [5, 5.41) is 4.12. The molecule has 0 bridgehead atoms. The molecule has 2 aromatic rings. The molecule has 0 radical (unpaired) electrons. The van der Waals surface area contributed by atoms with Gasteiger partial charge >= 0.3 is 0 Å². The molecule has 4 heterocycles. The molecule has 2 aromatic heterocycles. The molecule has 2 fully saturated rings. The van der Waals surface area contributed by atoms with Crippen molar-refractivity contribution < 1.29 is 9.26 Å². The van der Waals surface area contributed by atoms with Gasteiger partial charge in [0.15, 0.2) is 5.76 Å². The highest BCUT2D eigenvalue weighted by atomic mass is 16.5. The summed E-state index contributed by atoms with van der Waals surface area (Å²) in [6.45, 7) is 13.0. The SMILES string of the molecule is CCc1cc(CN2CCOC3(CCN(Cc4nc(CC)[nH]c4C)CC3)C2)on1. The number of H-pyrrole nitrogens is 1. The van der Waals surface area contributed by atoms with Crippen LogP contribution in [0.3, 0.4) is 0 Å². The Hall–Kier alpha value is -1.70. The summed E-state index contributed by atoms with van der Waals surface area (Å²) in [5.74, 6) is 2.05. The number of aryl methyl sites for hydroxylation is 3. The highest BCUT2D eigenvalue weighted by Crippen LogP contribution is 2.31. The molecule has 0 aromatic carbocycles. The van der Waals surface area contributed by atoms with Crippen molar-refractivity contribution in [2.45, 2.75) is 65.1 Å². The first kappa shape index (κ1) is 19.6. The fourth-order valence-electron chi connectivity index (χ4n) is 4.39. The minimum absolute atomic E-state index is 0.0163. The number of ether oxygens (including phenoxy) is 1. The number of aromatic amines is 1. The van der Waals surface area contributed by atoms with Crippen molar-refractivity contribution in [2.24, 2.45) is 0 Å². The van der Waals surface area contributed by atoms with E-state index >= 15 is 0 Å². The quantitative estimate of drug-likeness (QED) is 0.822. The van der Waals surface area contributed by atoms with Crippen molar-refractivity contribution in [3.63, 3.8) is 0 Å². The molecular weight excluding hydrogens is 354 g/mol. The van der Waals surface area contributed by atoms with Crippen molar-refractivity contribution >= 4 is 0 Å². The van der Waals surface area contributed by atoms with E-state index in [9.17, 15) is 0 Å². The van der Waals surface area contributed by atoms with Crippen LogP contribution in [-0.4, -0.2) is 63.3 Å². The largest absolute Gasteiger partial charge is 0.372 e. The first-order chi connectivity index (χ1) is 13.6. The second-order valence-corrected chi connectivity index (χ2v) is 8.27. The van der Waals surface area contributed by atoms with Crippen LogP contribution in [0.25, 0.3) is 0 Å². The smallest absolute Gasteiger partial charge is 0.150 e. The Balaban J connectivity index is 1.31. The van der Waals surface area contributed by atoms with Crippen LogP contribution in [-0.2, 0) is 30.7 Å². The van der Waals surface area contributed by atoms with Gasteiger partial charge in [0.05, 0.1) is 30.1 Å². The number of likely N-dealkylation sites (tertiary alicyclic amines) is 1. The van der Waals surface area contributed by atoms with Crippen molar-refractivity contribution in [3.05, 3.63) is 34.7 Å². The maximum atomic E-state index is 6.31. The minimum Gasteiger partial charge on any atom is -0.372 e. The molecule has 0 amide bonds. The summed E-state index contributed by atoms with van der Waals surface area (Å²) in [6.07, 6.45) is 4.02. The van der Waals surface area contributed by atoms with E-state index in [1.165, 1.54) is 11.4 Å². The van der Waals surface area contributed by atoms with E-state index in [2.05, 4.69) is 46.8 Å². The summed E-state index contributed by atoms with van der Waals surface area (Å²) in [5.41, 5.74) is 3.41. The van der Waals surface area contributed by atoms with E-state index < -0.39 is 0 Å². The number of rotatable bonds is 6. The average molecular weight is 388 g/mol. The van der Waals surface area contributed by atoms with Crippen LogP contribution in [0.15, 0.2) is 10.6 Å². The average Bonchev–Trinajstić information content (AvgIpc) is 3.30. The van der Waals surface area contributed by atoms with Crippen molar-refractivity contribution in [1.29, 1.82) is 0 Å². The Kier molecular flexibility index (Phi) is 5.85. The van der Waals surface area contributed by atoms with Crippen molar-refractivity contribution in [2.75, 3.05) is 32.8 Å². The summed E-state index contributed by atoms with van der Waals surface area (Å²) >= 11 is 0. The highest BCUT2D eigenvalue weighted by Gasteiger charge is 2.40. The number of imidazole rings is 1. The predicted molar refractivity (Wildman–Crippen MR) is 107 cm³/mol. The summed E-state index contributed by atoms with van der Waals surface area (Å²) in [6, 6.07) is 2.08. The van der Waals surface area contributed by atoms with Crippen LogP contribution in [0.1, 0.15) is 55.4 Å². The van der Waals surface area contributed by atoms with Gasteiger partial charge in [-0.3, -0.25) is 9.80 Å². The Bertz CT molecular complexity index is 776. The number of morpholine rings is 1. The molecule has 1 spiro atoms. The Morgan fingerprint density at radius 3 is 2.61 bits per heavy atom. The zero-order valence-electron chi connectivity index (χ0n) is 17.5. The highest BCUT2D eigenvalue weighted by molar-refractivity contribution is 5.13. The molecule has 0 unspecified atom stereocenters. The lowest BCUT2D eigenvalue weighted by atomic mass is 9.89. The molecule has 1 N–H and O–H groups in total. The fraction of sp³-hybridized carbons (Fsp3) is 0.714. The molecule has 2 saturated heterocycles. The van der Waals surface area contributed by atoms with Crippen molar-refractivity contribution in [1.82, 2.24) is 24.9 Å². The van der Waals surface area contributed by atoms with E-state index in [0.717, 1.165) is 88.8 Å². The van der Waals surface area contributed by atoms with Crippen LogP contribution in [0.4, 0.5) is 0 Å². The van der Waals surface area contributed by atoms with Gasteiger partial charge in [-0.05, 0) is 26.2 Å². The first-order valence-corrected chi connectivity index (χ1v) is 10.7. The third-order valence-corrected chi connectivity index (χ3v) is 6.19. The molecule has 0 saturated carbocycles. The van der Waals surface area contributed by atoms with Crippen LogP contribution in [0.2, 0.25) is 0 Å². The van der Waals surface area contributed by atoms with Gasteiger partial charge in [0.25, 0.3) is 0 Å². The Labute approximate surface area is 167 Å². The second kappa shape index (κ2) is 8.35. The van der Waals surface area contributed by atoms with E-state index in [0.29, 0.717) is 0 Å². The zero-order chi connectivity index (χ0) is 19.6. The molecule has 7 heteroatoms. The van der Waals surface area contributed by atoms with Crippen LogP contribution < -0.4 is 0 Å². The number of nitrogens with one attached hydrogen (secondary N) is 1. The van der Waals surface area contributed by atoms with Crippen LogP contribution in [0, 0.1) is 6.92 Å². The Morgan fingerprint density at radius 1 is 1.11 bits per heavy atom. The van der Waals surface area contributed by atoms with Gasteiger partial charge in [-0.15, -0.1) is 0 Å². The zero-order valence-corrected chi connectivity index (χ0v) is 17.5. The van der Waals surface area contributed by atoms with Crippen LogP contribution in [0.5, 0.6) is 0 Å². The van der Waals surface area contributed by atoms with E-state index in [-0.39, 0.29) is 5.60 Å². The number of nitrogens with zero attached hydrogens (tertiary/aromatic N) is 4. The minimum atomic E-state index is -0.0163. The molecule has 2 aliphatic rings. The third kappa shape index (κ3) is 4.31. The molecule has 154 valence electrons. The molecule has 7 nitrogen and oxygen atoms in total. The monoisotopic (exact) mass is 387 g/mol. The topological polar surface area (TPSA) is 70.4 Å².